The van der Waals surface area contributed by atoms with Gasteiger partial charge < -0.3 is 10.6 Å². The molecule has 0 radical (unpaired) electrons. The molecule has 26 heavy (non-hydrogen) atoms. The molecule has 1 aromatic carbocycles. The van der Waals surface area contributed by atoms with Crippen LogP contribution in [0.4, 0.5) is 4.39 Å². The number of aliphatic imine (C=N–C) groups is 1. The molecule has 0 aliphatic heterocycles. The highest BCUT2D eigenvalue weighted by Crippen LogP contribution is 2.27. The Bertz CT molecular complexity index is 691. The van der Waals surface area contributed by atoms with Gasteiger partial charge in [-0.05, 0) is 49.8 Å². The van der Waals surface area contributed by atoms with E-state index in [9.17, 15) is 4.39 Å². The largest absolute Gasteiger partial charge is 0.356 e. The van der Waals surface area contributed by atoms with Crippen molar-refractivity contribution in [3.63, 3.8) is 0 Å². The molecule has 0 spiro atoms. The van der Waals surface area contributed by atoms with Crippen molar-refractivity contribution >= 4 is 41.3 Å². The molecule has 0 saturated carbocycles. The normalized spacial score (nSPS) is 13.7. The van der Waals surface area contributed by atoms with E-state index >= 15 is 0 Å². The lowest BCUT2D eigenvalue weighted by molar-refractivity contribution is 0.626. The molecular weight excluding hydrogens is 462 g/mol. The van der Waals surface area contributed by atoms with Crippen LogP contribution in [-0.2, 0) is 25.8 Å². The number of hydrogen-bond donors (Lipinski definition) is 2. The smallest absolute Gasteiger partial charge is 0.191 e. The standard InChI is InChI=1S/C19H25FN4S.HI/c1-21-19(23-13-14-8-10-15(20)11-9-14)22-12-4-7-18-24-16-5-2-3-6-17(16)25-18;/h8-11H,2-7,12-13H2,1H3,(H2,21,22,23);1H. The van der Waals surface area contributed by atoms with Crippen LogP contribution < -0.4 is 10.6 Å². The molecular formula is C19H26FIN4S. The van der Waals surface area contributed by atoms with Crippen LogP contribution in [0.15, 0.2) is 29.3 Å². The maximum Gasteiger partial charge on any atom is 0.191 e. The Morgan fingerprint density at radius 1 is 1.19 bits per heavy atom. The number of nitrogens with zero attached hydrogens (tertiary/aromatic N) is 2. The summed E-state index contributed by atoms with van der Waals surface area (Å²) < 4.78 is 12.9. The second kappa shape index (κ2) is 10.8. The summed E-state index contributed by atoms with van der Waals surface area (Å²) in [5.41, 5.74) is 2.37. The summed E-state index contributed by atoms with van der Waals surface area (Å²) in [5.74, 6) is 0.554. The number of aromatic nitrogens is 1. The molecule has 0 amide bonds. The molecule has 3 rings (SSSR count). The fourth-order valence-corrected chi connectivity index (χ4v) is 4.17. The van der Waals surface area contributed by atoms with E-state index in [1.165, 1.54) is 47.0 Å². The summed E-state index contributed by atoms with van der Waals surface area (Å²) in [5, 5.41) is 7.84. The van der Waals surface area contributed by atoms with Gasteiger partial charge in [0.05, 0.1) is 10.7 Å². The van der Waals surface area contributed by atoms with Gasteiger partial charge in [0, 0.05) is 31.4 Å². The molecule has 4 nitrogen and oxygen atoms in total. The van der Waals surface area contributed by atoms with Gasteiger partial charge in [0.2, 0.25) is 0 Å². The first-order valence-electron chi connectivity index (χ1n) is 8.91. The van der Waals surface area contributed by atoms with Gasteiger partial charge >= 0.3 is 0 Å². The predicted octanol–water partition coefficient (Wildman–Crippen LogP) is 4.08. The Labute approximate surface area is 175 Å². The van der Waals surface area contributed by atoms with E-state index in [2.05, 4.69) is 15.6 Å². The van der Waals surface area contributed by atoms with Crippen molar-refractivity contribution in [3.05, 3.63) is 51.2 Å². The molecule has 2 N–H and O–H groups in total. The maximum absolute atomic E-state index is 12.9. The van der Waals surface area contributed by atoms with E-state index < -0.39 is 0 Å². The monoisotopic (exact) mass is 488 g/mol. The number of benzene rings is 1. The highest BCUT2D eigenvalue weighted by atomic mass is 127. The number of guanidine groups is 1. The summed E-state index contributed by atoms with van der Waals surface area (Å²) in [6, 6.07) is 6.50. The fraction of sp³-hybridized carbons (Fsp3) is 0.474. The van der Waals surface area contributed by atoms with Gasteiger partial charge in [0.1, 0.15) is 5.82 Å². The van der Waals surface area contributed by atoms with Gasteiger partial charge in [0.25, 0.3) is 0 Å². The predicted molar refractivity (Wildman–Crippen MR) is 117 cm³/mol. The van der Waals surface area contributed by atoms with E-state index in [-0.39, 0.29) is 29.8 Å². The lowest BCUT2D eigenvalue weighted by Gasteiger charge is -2.11. The fourth-order valence-electron chi connectivity index (χ4n) is 2.97. The minimum Gasteiger partial charge on any atom is -0.356 e. The zero-order chi connectivity index (χ0) is 17.5. The van der Waals surface area contributed by atoms with Crippen LogP contribution in [0.25, 0.3) is 0 Å². The van der Waals surface area contributed by atoms with Crippen molar-refractivity contribution < 1.29 is 4.39 Å². The van der Waals surface area contributed by atoms with E-state index in [4.69, 9.17) is 4.98 Å². The van der Waals surface area contributed by atoms with Gasteiger partial charge in [-0.25, -0.2) is 9.37 Å². The van der Waals surface area contributed by atoms with Crippen LogP contribution in [0.5, 0.6) is 0 Å². The molecule has 142 valence electrons. The number of aryl methyl sites for hydroxylation is 3. The van der Waals surface area contributed by atoms with Crippen molar-refractivity contribution in [2.24, 2.45) is 4.99 Å². The molecule has 1 aromatic heterocycles. The Morgan fingerprint density at radius 3 is 2.69 bits per heavy atom. The van der Waals surface area contributed by atoms with Crippen LogP contribution in [0.3, 0.4) is 0 Å². The van der Waals surface area contributed by atoms with Gasteiger partial charge in [-0.3, -0.25) is 4.99 Å². The van der Waals surface area contributed by atoms with Gasteiger partial charge in [-0.15, -0.1) is 35.3 Å². The second-order valence-electron chi connectivity index (χ2n) is 6.27. The zero-order valence-corrected chi connectivity index (χ0v) is 18.2. The molecule has 1 heterocycles. The molecule has 2 aromatic rings. The average Bonchev–Trinajstić information content (AvgIpc) is 3.05. The van der Waals surface area contributed by atoms with Crippen molar-refractivity contribution in [2.75, 3.05) is 13.6 Å². The zero-order valence-electron chi connectivity index (χ0n) is 15.1. The highest BCUT2D eigenvalue weighted by Gasteiger charge is 2.14. The number of rotatable bonds is 6. The molecule has 0 unspecified atom stereocenters. The number of hydrogen-bond acceptors (Lipinski definition) is 3. The Kier molecular flexibility index (Phi) is 8.77. The van der Waals surface area contributed by atoms with Crippen LogP contribution in [0.1, 0.15) is 40.4 Å². The van der Waals surface area contributed by atoms with Crippen LogP contribution in [-0.4, -0.2) is 24.5 Å². The quantitative estimate of drug-likeness (QED) is 0.279. The first kappa shape index (κ1) is 21.1. The maximum atomic E-state index is 12.9. The third kappa shape index (κ3) is 6.19. The molecule has 0 atom stereocenters. The minimum absolute atomic E-state index is 0. The summed E-state index contributed by atoms with van der Waals surface area (Å²) in [7, 11) is 1.76. The molecule has 0 fully saturated rings. The number of fused-ring (bicyclic) bond motifs is 1. The highest BCUT2D eigenvalue weighted by molar-refractivity contribution is 14.0. The Balaban J connectivity index is 0.00000243. The SMILES string of the molecule is CN=C(NCCCc1nc2c(s1)CCCC2)NCc1ccc(F)cc1.I. The lowest BCUT2D eigenvalue weighted by Crippen LogP contribution is -2.37. The van der Waals surface area contributed by atoms with Crippen molar-refractivity contribution in [1.29, 1.82) is 0 Å². The van der Waals surface area contributed by atoms with Crippen molar-refractivity contribution in [1.82, 2.24) is 15.6 Å². The molecule has 1 aliphatic carbocycles. The van der Waals surface area contributed by atoms with Gasteiger partial charge in [-0.2, -0.15) is 0 Å². The van der Waals surface area contributed by atoms with Crippen LogP contribution >= 0.6 is 35.3 Å². The summed E-state index contributed by atoms with van der Waals surface area (Å²) in [6.07, 6.45) is 7.01. The van der Waals surface area contributed by atoms with E-state index in [0.29, 0.717) is 6.54 Å². The third-order valence-electron chi connectivity index (χ3n) is 4.35. The van der Waals surface area contributed by atoms with Crippen LogP contribution in [0, 0.1) is 5.82 Å². The number of halogens is 2. The summed E-state index contributed by atoms with van der Waals surface area (Å²) in [6.45, 7) is 1.48. The average molecular weight is 488 g/mol. The topological polar surface area (TPSA) is 49.3 Å². The third-order valence-corrected chi connectivity index (χ3v) is 5.56. The first-order valence-corrected chi connectivity index (χ1v) is 9.72. The van der Waals surface area contributed by atoms with Crippen LogP contribution in [0.2, 0.25) is 0 Å². The minimum atomic E-state index is -0.213. The molecule has 0 bridgehead atoms. The van der Waals surface area contributed by atoms with E-state index in [1.54, 1.807) is 19.2 Å². The van der Waals surface area contributed by atoms with Gasteiger partial charge in [0.15, 0.2) is 5.96 Å². The molecule has 0 saturated heterocycles. The van der Waals surface area contributed by atoms with E-state index in [1.807, 2.05) is 11.3 Å². The Morgan fingerprint density at radius 2 is 1.96 bits per heavy atom. The second-order valence-corrected chi connectivity index (χ2v) is 7.44. The van der Waals surface area contributed by atoms with Crippen molar-refractivity contribution in [3.8, 4) is 0 Å². The molecule has 7 heteroatoms. The number of nitrogens with one attached hydrogen (secondary N) is 2. The van der Waals surface area contributed by atoms with Crippen molar-refractivity contribution in [2.45, 2.75) is 45.1 Å². The Hall–Kier alpha value is -1.22. The lowest BCUT2D eigenvalue weighted by atomic mass is 10.0. The van der Waals surface area contributed by atoms with Gasteiger partial charge in [-0.1, -0.05) is 12.1 Å². The molecule has 1 aliphatic rings. The summed E-state index contributed by atoms with van der Waals surface area (Å²) in [4.78, 5) is 10.5. The number of thiazole rings is 1. The summed E-state index contributed by atoms with van der Waals surface area (Å²) >= 11 is 1.89. The van der Waals surface area contributed by atoms with E-state index in [0.717, 1.165) is 37.3 Å². The first-order chi connectivity index (χ1) is 12.2.